The average Bonchev–Trinajstić information content (AvgIpc) is 2.97. The monoisotopic (exact) mass is 266 g/mol. The molecule has 0 heterocycles. The van der Waals surface area contributed by atoms with Gasteiger partial charge in [-0.15, -0.1) is 0 Å². The number of aliphatic hydroxyl groups is 1. The lowest BCUT2D eigenvalue weighted by Crippen LogP contribution is -2.14. The van der Waals surface area contributed by atoms with Crippen molar-refractivity contribution in [3.05, 3.63) is 23.8 Å². The normalized spacial score (nSPS) is 17.4. The lowest BCUT2D eigenvalue weighted by Gasteiger charge is -2.17. The third kappa shape index (κ3) is 3.61. The van der Waals surface area contributed by atoms with E-state index in [2.05, 4.69) is 0 Å². The highest BCUT2D eigenvalue weighted by Crippen LogP contribution is 2.30. The van der Waals surface area contributed by atoms with Crippen LogP contribution in [0, 0.1) is 0 Å². The summed E-state index contributed by atoms with van der Waals surface area (Å²) in [6.07, 6.45) is 4.38. The minimum absolute atomic E-state index is 0.315. The molecule has 19 heavy (non-hydrogen) atoms. The van der Waals surface area contributed by atoms with Gasteiger partial charge in [0.1, 0.15) is 6.10 Å². The van der Waals surface area contributed by atoms with Gasteiger partial charge < -0.3 is 19.3 Å². The van der Waals surface area contributed by atoms with Crippen LogP contribution in [0.25, 0.3) is 0 Å². The molecule has 4 heteroatoms. The van der Waals surface area contributed by atoms with Gasteiger partial charge in [0, 0.05) is 0 Å². The summed E-state index contributed by atoms with van der Waals surface area (Å²) in [4.78, 5) is 0. The average molecular weight is 266 g/mol. The van der Waals surface area contributed by atoms with Crippen molar-refractivity contribution >= 4 is 0 Å². The third-order valence-corrected chi connectivity index (χ3v) is 3.58. The number of rotatable bonds is 6. The molecule has 2 rings (SSSR count). The summed E-state index contributed by atoms with van der Waals surface area (Å²) in [6.45, 7) is 0.333. The molecule has 0 spiro atoms. The van der Waals surface area contributed by atoms with Gasteiger partial charge in [0.15, 0.2) is 11.5 Å². The van der Waals surface area contributed by atoms with Crippen LogP contribution in [-0.2, 0) is 4.74 Å². The Morgan fingerprint density at radius 2 is 1.84 bits per heavy atom. The number of benzene rings is 1. The Bertz CT molecular complexity index is 399. The predicted octanol–water partition coefficient (Wildman–Crippen LogP) is 2.70. The second kappa shape index (κ2) is 6.78. The van der Waals surface area contributed by atoms with E-state index < -0.39 is 6.10 Å². The Kier molecular flexibility index (Phi) is 5.05. The summed E-state index contributed by atoms with van der Waals surface area (Å²) < 4.78 is 16.1. The fourth-order valence-corrected chi connectivity index (χ4v) is 2.44. The predicted molar refractivity (Wildman–Crippen MR) is 72.7 cm³/mol. The number of methoxy groups -OCH3 is 2. The molecular formula is C15H22O4. The maximum absolute atomic E-state index is 10.1. The van der Waals surface area contributed by atoms with Gasteiger partial charge in [-0.2, -0.15) is 0 Å². The van der Waals surface area contributed by atoms with Gasteiger partial charge in [-0.1, -0.05) is 18.9 Å². The Morgan fingerprint density at radius 1 is 1.16 bits per heavy atom. The van der Waals surface area contributed by atoms with Crippen LogP contribution in [0.15, 0.2) is 18.2 Å². The van der Waals surface area contributed by atoms with Crippen molar-refractivity contribution in [1.29, 1.82) is 0 Å². The molecule has 0 aliphatic heterocycles. The quantitative estimate of drug-likeness (QED) is 0.860. The van der Waals surface area contributed by atoms with Crippen molar-refractivity contribution in [2.24, 2.45) is 0 Å². The van der Waals surface area contributed by atoms with E-state index in [9.17, 15) is 5.11 Å². The van der Waals surface area contributed by atoms with Crippen LogP contribution in [0.2, 0.25) is 0 Å². The summed E-state index contributed by atoms with van der Waals surface area (Å²) in [6, 6.07) is 5.43. The molecule has 106 valence electrons. The van der Waals surface area contributed by atoms with Crippen molar-refractivity contribution in [1.82, 2.24) is 0 Å². The highest BCUT2D eigenvalue weighted by Gasteiger charge is 2.18. The SMILES string of the molecule is COc1ccc(C(O)COC2CCCC2)cc1OC. The molecule has 0 radical (unpaired) electrons. The van der Waals surface area contributed by atoms with Gasteiger partial charge >= 0.3 is 0 Å². The number of hydrogen-bond donors (Lipinski definition) is 1. The molecule has 1 unspecified atom stereocenters. The van der Waals surface area contributed by atoms with Gasteiger partial charge in [-0.3, -0.25) is 0 Å². The number of aliphatic hydroxyl groups excluding tert-OH is 1. The van der Waals surface area contributed by atoms with E-state index in [1.807, 2.05) is 6.07 Å². The minimum atomic E-state index is -0.625. The zero-order valence-corrected chi connectivity index (χ0v) is 11.6. The summed E-state index contributed by atoms with van der Waals surface area (Å²) in [7, 11) is 3.18. The van der Waals surface area contributed by atoms with Crippen molar-refractivity contribution in [3.8, 4) is 11.5 Å². The molecule has 1 aromatic carbocycles. The van der Waals surface area contributed by atoms with E-state index in [0.717, 1.165) is 18.4 Å². The van der Waals surface area contributed by atoms with Crippen molar-refractivity contribution < 1.29 is 19.3 Å². The van der Waals surface area contributed by atoms with Crippen molar-refractivity contribution in [3.63, 3.8) is 0 Å². The third-order valence-electron chi connectivity index (χ3n) is 3.58. The fourth-order valence-electron chi connectivity index (χ4n) is 2.44. The first-order chi connectivity index (χ1) is 9.24. The Balaban J connectivity index is 1.95. The maximum atomic E-state index is 10.1. The van der Waals surface area contributed by atoms with Crippen LogP contribution in [0.5, 0.6) is 11.5 Å². The standard InChI is InChI=1S/C15H22O4/c1-17-14-8-7-11(9-15(14)18-2)13(16)10-19-12-5-3-4-6-12/h7-9,12-13,16H,3-6,10H2,1-2H3. The lowest BCUT2D eigenvalue weighted by molar-refractivity contribution is -0.00705. The van der Waals surface area contributed by atoms with Gasteiger partial charge in [0.2, 0.25) is 0 Å². The topological polar surface area (TPSA) is 47.9 Å². The van der Waals surface area contributed by atoms with Gasteiger partial charge in [-0.25, -0.2) is 0 Å². The molecular weight excluding hydrogens is 244 g/mol. The van der Waals surface area contributed by atoms with Crippen molar-refractivity contribution in [2.75, 3.05) is 20.8 Å². The zero-order chi connectivity index (χ0) is 13.7. The summed E-state index contributed by atoms with van der Waals surface area (Å²) in [5.74, 6) is 1.29. The Labute approximate surface area is 114 Å². The molecule has 1 atom stereocenters. The van der Waals surface area contributed by atoms with Crippen LogP contribution in [0.4, 0.5) is 0 Å². The first-order valence-electron chi connectivity index (χ1n) is 6.76. The first-order valence-corrected chi connectivity index (χ1v) is 6.76. The van der Waals surface area contributed by atoms with Gasteiger partial charge in [-0.05, 0) is 30.5 Å². The maximum Gasteiger partial charge on any atom is 0.161 e. The Morgan fingerprint density at radius 3 is 2.47 bits per heavy atom. The molecule has 0 amide bonds. The van der Waals surface area contributed by atoms with Gasteiger partial charge in [0.05, 0.1) is 26.9 Å². The molecule has 0 bridgehead atoms. The molecule has 1 N–H and O–H groups in total. The minimum Gasteiger partial charge on any atom is -0.493 e. The van der Waals surface area contributed by atoms with E-state index in [4.69, 9.17) is 14.2 Å². The van der Waals surface area contributed by atoms with Crippen LogP contribution < -0.4 is 9.47 Å². The highest BCUT2D eigenvalue weighted by atomic mass is 16.5. The summed E-state index contributed by atoms with van der Waals surface area (Å²) >= 11 is 0. The van der Waals surface area contributed by atoms with Crippen LogP contribution >= 0.6 is 0 Å². The smallest absolute Gasteiger partial charge is 0.161 e. The van der Waals surface area contributed by atoms with Gasteiger partial charge in [0.25, 0.3) is 0 Å². The van der Waals surface area contributed by atoms with E-state index in [-0.39, 0.29) is 0 Å². The molecule has 4 nitrogen and oxygen atoms in total. The Hall–Kier alpha value is -1.26. The fraction of sp³-hybridized carbons (Fsp3) is 0.600. The largest absolute Gasteiger partial charge is 0.493 e. The first kappa shape index (κ1) is 14.2. The number of hydrogen-bond acceptors (Lipinski definition) is 4. The van der Waals surface area contributed by atoms with E-state index in [0.29, 0.717) is 24.2 Å². The van der Waals surface area contributed by atoms with Crippen LogP contribution in [0.3, 0.4) is 0 Å². The van der Waals surface area contributed by atoms with Crippen molar-refractivity contribution in [2.45, 2.75) is 37.9 Å². The zero-order valence-electron chi connectivity index (χ0n) is 11.6. The van der Waals surface area contributed by atoms with Crippen LogP contribution in [-0.4, -0.2) is 32.0 Å². The highest BCUT2D eigenvalue weighted by molar-refractivity contribution is 5.43. The molecule has 0 aromatic heterocycles. The molecule has 1 aliphatic rings. The second-order valence-corrected chi connectivity index (χ2v) is 4.87. The summed E-state index contributed by atoms with van der Waals surface area (Å²) in [5.41, 5.74) is 0.788. The summed E-state index contributed by atoms with van der Waals surface area (Å²) in [5, 5.41) is 10.1. The number of ether oxygens (including phenoxy) is 3. The van der Waals surface area contributed by atoms with E-state index in [1.54, 1.807) is 26.4 Å². The molecule has 1 aliphatic carbocycles. The molecule has 1 aromatic rings. The molecule has 1 fully saturated rings. The van der Waals surface area contributed by atoms with E-state index in [1.165, 1.54) is 12.8 Å². The lowest BCUT2D eigenvalue weighted by atomic mass is 10.1. The second-order valence-electron chi connectivity index (χ2n) is 4.87. The van der Waals surface area contributed by atoms with Crippen LogP contribution in [0.1, 0.15) is 37.4 Å². The molecule has 1 saturated carbocycles. The van der Waals surface area contributed by atoms with E-state index >= 15 is 0 Å². The molecule has 0 saturated heterocycles.